The van der Waals surface area contributed by atoms with Crippen molar-refractivity contribution >= 4 is 29.3 Å². The molecule has 23 heavy (non-hydrogen) atoms. The van der Waals surface area contributed by atoms with Crippen molar-refractivity contribution in [2.45, 2.75) is 0 Å². The number of carbonyl (C=O) groups excluding carboxylic acids is 1. The number of benzene rings is 2. The number of nitrogens with zero attached hydrogens (tertiary/aromatic N) is 1. The molecule has 2 rings (SSSR count). The quantitative estimate of drug-likeness (QED) is 0.273. The van der Waals surface area contributed by atoms with Crippen molar-refractivity contribution in [2.75, 3.05) is 7.11 Å². The molecule has 0 spiro atoms. The summed E-state index contributed by atoms with van der Waals surface area (Å²) < 4.78 is 10.1. The van der Waals surface area contributed by atoms with Crippen molar-refractivity contribution in [1.82, 2.24) is 0 Å². The van der Waals surface area contributed by atoms with Crippen LogP contribution >= 0.6 is 11.6 Å². The van der Waals surface area contributed by atoms with Crippen LogP contribution < -0.4 is 9.47 Å². The topological polar surface area (TPSA) is 78.7 Å². The molecule has 0 aliphatic heterocycles. The van der Waals surface area contributed by atoms with Gasteiger partial charge in [0.15, 0.2) is 0 Å². The highest BCUT2D eigenvalue weighted by molar-refractivity contribution is 6.32. The van der Waals surface area contributed by atoms with E-state index in [-0.39, 0.29) is 16.5 Å². The molecule has 0 amide bonds. The number of ether oxygens (including phenoxy) is 2. The van der Waals surface area contributed by atoms with Crippen LogP contribution in [0.2, 0.25) is 5.02 Å². The van der Waals surface area contributed by atoms with Gasteiger partial charge in [-0.1, -0.05) is 23.7 Å². The van der Waals surface area contributed by atoms with Crippen molar-refractivity contribution in [3.8, 4) is 11.5 Å². The summed E-state index contributed by atoms with van der Waals surface area (Å²) in [5, 5.41) is 10.6. The van der Waals surface area contributed by atoms with E-state index in [9.17, 15) is 14.9 Å². The molecule has 0 unspecified atom stereocenters. The predicted octanol–water partition coefficient (Wildman–Crippen LogP) is 3.88. The van der Waals surface area contributed by atoms with E-state index in [0.717, 1.165) is 11.6 Å². The molecule has 0 aliphatic rings. The Morgan fingerprint density at radius 2 is 2.04 bits per heavy atom. The highest BCUT2D eigenvalue weighted by Crippen LogP contribution is 2.28. The fourth-order valence-electron chi connectivity index (χ4n) is 1.74. The minimum absolute atomic E-state index is 0.0117. The summed E-state index contributed by atoms with van der Waals surface area (Å²) in [6, 6.07) is 10.7. The molecule has 2 aromatic carbocycles. The second kappa shape index (κ2) is 7.42. The molecule has 2 aromatic rings. The lowest BCUT2D eigenvalue weighted by molar-refractivity contribution is -0.384. The van der Waals surface area contributed by atoms with Gasteiger partial charge in [0.05, 0.1) is 17.1 Å². The van der Waals surface area contributed by atoms with Crippen LogP contribution in [0.3, 0.4) is 0 Å². The fraction of sp³-hybridized carbons (Fsp3) is 0.0625. The van der Waals surface area contributed by atoms with Crippen LogP contribution in [0.5, 0.6) is 11.5 Å². The van der Waals surface area contributed by atoms with Gasteiger partial charge < -0.3 is 9.47 Å². The number of rotatable bonds is 5. The normalized spacial score (nSPS) is 10.5. The first-order chi connectivity index (χ1) is 11.0. The molecule has 0 N–H and O–H groups in total. The van der Waals surface area contributed by atoms with E-state index in [1.54, 1.807) is 37.5 Å². The number of nitro groups is 1. The number of carbonyl (C=O) groups is 1. The first kappa shape index (κ1) is 16.5. The van der Waals surface area contributed by atoms with Crippen molar-refractivity contribution in [1.29, 1.82) is 0 Å². The van der Waals surface area contributed by atoms with E-state index >= 15 is 0 Å². The second-order valence-corrected chi connectivity index (χ2v) is 4.81. The van der Waals surface area contributed by atoms with E-state index in [1.165, 1.54) is 18.2 Å². The Bertz CT molecular complexity index is 773. The van der Waals surface area contributed by atoms with Gasteiger partial charge in [-0.05, 0) is 29.8 Å². The maximum absolute atomic E-state index is 11.8. The third-order valence-electron chi connectivity index (χ3n) is 2.84. The monoisotopic (exact) mass is 333 g/mol. The Balaban J connectivity index is 2.07. The average Bonchev–Trinajstić information content (AvgIpc) is 2.55. The number of hydrogen-bond donors (Lipinski definition) is 0. The molecule has 0 bridgehead atoms. The molecule has 0 atom stereocenters. The number of hydrogen-bond acceptors (Lipinski definition) is 5. The Morgan fingerprint density at radius 1 is 1.26 bits per heavy atom. The van der Waals surface area contributed by atoms with E-state index in [2.05, 4.69) is 0 Å². The Labute approximate surface area is 137 Å². The van der Waals surface area contributed by atoms with Gasteiger partial charge in [-0.3, -0.25) is 10.1 Å². The average molecular weight is 334 g/mol. The highest BCUT2D eigenvalue weighted by atomic mass is 35.5. The molecule has 0 fully saturated rings. The van der Waals surface area contributed by atoms with Crippen LogP contribution in [-0.4, -0.2) is 18.0 Å². The van der Waals surface area contributed by atoms with Gasteiger partial charge in [0.25, 0.3) is 5.69 Å². The molecule has 0 radical (unpaired) electrons. The smallest absolute Gasteiger partial charge is 0.336 e. The van der Waals surface area contributed by atoms with Gasteiger partial charge in [0, 0.05) is 18.2 Å². The van der Waals surface area contributed by atoms with Crippen LogP contribution in [0.4, 0.5) is 5.69 Å². The molecule has 0 heterocycles. The van der Waals surface area contributed by atoms with Gasteiger partial charge in [-0.15, -0.1) is 0 Å². The number of nitro benzene ring substituents is 1. The van der Waals surface area contributed by atoms with Crippen LogP contribution in [0.1, 0.15) is 5.56 Å². The highest BCUT2D eigenvalue weighted by Gasteiger charge is 2.12. The lowest BCUT2D eigenvalue weighted by Crippen LogP contribution is -2.04. The Morgan fingerprint density at radius 3 is 2.70 bits per heavy atom. The van der Waals surface area contributed by atoms with Gasteiger partial charge in [0.2, 0.25) is 0 Å². The second-order valence-electron chi connectivity index (χ2n) is 4.40. The van der Waals surface area contributed by atoms with Crippen LogP contribution in [-0.2, 0) is 4.79 Å². The molecule has 6 nitrogen and oxygen atoms in total. The zero-order valence-corrected chi connectivity index (χ0v) is 12.8. The van der Waals surface area contributed by atoms with Crippen LogP contribution in [0.25, 0.3) is 6.08 Å². The van der Waals surface area contributed by atoms with E-state index in [0.29, 0.717) is 5.75 Å². The molecule has 0 aromatic heterocycles. The molecular weight excluding hydrogens is 322 g/mol. The SMILES string of the molecule is COc1cccc(/C=C/C(=O)Oc2ccc([N+](=O)[O-])cc2Cl)c1. The van der Waals surface area contributed by atoms with E-state index in [1.807, 2.05) is 0 Å². The molecule has 118 valence electrons. The number of halogens is 1. The van der Waals surface area contributed by atoms with Gasteiger partial charge in [-0.2, -0.15) is 0 Å². The number of non-ortho nitro benzene ring substituents is 1. The number of methoxy groups -OCH3 is 1. The molecular formula is C16H12ClNO5. The summed E-state index contributed by atoms with van der Waals surface area (Å²) in [4.78, 5) is 21.8. The Kier molecular flexibility index (Phi) is 5.32. The van der Waals surface area contributed by atoms with E-state index < -0.39 is 10.9 Å². The third kappa shape index (κ3) is 4.55. The summed E-state index contributed by atoms with van der Waals surface area (Å²) in [5.74, 6) is 0.0695. The zero-order chi connectivity index (χ0) is 16.8. The number of esters is 1. The predicted molar refractivity (Wildman–Crippen MR) is 85.8 cm³/mol. The fourth-order valence-corrected chi connectivity index (χ4v) is 1.95. The standard InChI is InChI=1S/C16H12ClNO5/c1-22-13-4-2-3-11(9-13)5-8-16(19)23-15-7-6-12(18(20)21)10-14(15)17/h2-10H,1H3/b8-5+. The molecule has 7 heteroatoms. The van der Waals surface area contributed by atoms with Gasteiger partial charge >= 0.3 is 5.97 Å². The van der Waals surface area contributed by atoms with Gasteiger partial charge in [0.1, 0.15) is 11.5 Å². The van der Waals surface area contributed by atoms with Crippen molar-refractivity contribution < 1.29 is 19.2 Å². The molecule has 0 saturated heterocycles. The maximum Gasteiger partial charge on any atom is 0.336 e. The molecule has 0 aliphatic carbocycles. The maximum atomic E-state index is 11.8. The van der Waals surface area contributed by atoms with E-state index in [4.69, 9.17) is 21.1 Å². The summed E-state index contributed by atoms with van der Waals surface area (Å²) in [7, 11) is 1.55. The summed E-state index contributed by atoms with van der Waals surface area (Å²) >= 11 is 5.85. The largest absolute Gasteiger partial charge is 0.497 e. The minimum Gasteiger partial charge on any atom is -0.497 e. The first-order valence-electron chi connectivity index (χ1n) is 6.47. The first-order valence-corrected chi connectivity index (χ1v) is 6.85. The lowest BCUT2D eigenvalue weighted by Gasteiger charge is -2.03. The Hall–Kier alpha value is -2.86. The van der Waals surface area contributed by atoms with Crippen molar-refractivity contribution in [3.05, 3.63) is 69.2 Å². The van der Waals surface area contributed by atoms with Gasteiger partial charge in [-0.25, -0.2) is 4.79 Å². The van der Waals surface area contributed by atoms with Crippen LogP contribution in [0.15, 0.2) is 48.5 Å². The minimum atomic E-state index is -0.649. The summed E-state index contributed by atoms with van der Waals surface area (Å²) in [5.41, 5.74) is 0.581. The summed E-state index contributed by atoms with van der Waals surface area (Å²) in [6.07, 6.45) is 2.79. The summed E-state index contributed by atoms with van der Waals surface area (Å²) in [6.45, 7) is 0. The zero-order valence-electron chi connectivity index (χ0n) is 12.1. The van der Waals surface area contributed by atoms with Crippen LogP contribution in [0, 0.1) is 10.1 Å². The van der Waals surface area contributed by atoms with Crippen molar-refractivity contribution in [2.24, 2.45) is 0 Å². The van der Waals surface area contributed by atoms with Crippen molar-refractivity contribution in [3.63, 3.8) is 0 Å². The third-order valence-corrected chi connectivity index (χ3v) is 3.14. The lowest BCUT2D eigenvalue weighted by atomic mass is 10.2. The molecule has 0 saturated carbocycles.